The molecule has 1 saturated heterocycles. The van der Waals surface area contributed by atoms with Crippen LogP contribution >= 0.6 is 0 Å². The molecule has 0 aromatic heterocycles. The molecule has 0 spiro atoms. The third-order valence-electron chi connectivity index (χ3n) is 2.28. The summed E-state index contributed by atoms with van der Waals surface area (Å²) in [6, 6.07) is -0.212. The van der Waals surface area contributed by atoms with E-state index in [1.54, 1.807) is 12.0 Å². The first-order chi connectivity index (χ1) is 7.27. The highest BCUT2D eigenvalue weighted by Gasteiger charge is 2.19. The van der Waals surface area contributed by atoms with Gasteiger partial charge in [-0.25, -0.2) is 4.79 Å². The number of amides is 2. The third kappa shape index (κ3) is 4.03. The molecule has 0 bridgehead atoms. The van der Waals surface area contributed by atoms with Crippen molar-refractivity contribution in [2.24, 2.45) is 5.73 Å². The molecule has 0 aliphatic carbocycles. The summed E-state index contributed by atoms with van der Waals surface area (Å²) >= 11 is 0. The molecule has 6 nitrogen and oxygen atoms in total. The van der Waals surface area contributed by atoms with Gasteiger partial charge in [-0.3, -0.25) is 0 Å². The van der Waals surface area contributed by atoms with Crippen LogP contribution in [0.3, 0.4) is 0 Å². The van der Waals surface area contributed by atoms with Crippen LogP contribution in [0.15, 0.2) is 0 Å². The van der Waals surface area contributed by atoms with Gasteiger partial charge in [0.2, 0.25) is 0 Å². The van der Waals surface area contributed by atoms with Crippen LogP contribution in [0.1, 0.15) is 0 Å². The molecule has 1 unspecified atom stereocenters. The van der Waals surface area contributed by atoms with Crippen molar-refractivity contribution in [3.63, 3.8) is 0 Å². The van der Waals surface area contributed by atoms with Crippen LogP contribution in [0.2, 0.25) is 0 Å². The topological polar surface area (TPSA) is 76.8 Å². The minimum Gasteiger partial charge on any atom is -0.383 e. The van der Waals surface area contributed by atoms with Crippen LogP contribution in [-0.2, 0) is 9.47 Å². The van der Waals surface area contributed by atoms with Crippen molar-refractivity contribution in [1.29, 1.82) is 0 Å². The summed E-state index contributed by atoms with van der Waals surface area (Å²) in [7, 11) is 1.59. The van der Waals surface area contributed by atoms with E-state index in [9.17, 15) is 4.79 Å². The average Bonchev–Trinajstić information content (AvgIpc) is 2.29. The van der Waals surface area contributed by atoms with Gasteiger partial charge in [0.1, 0.15) is 0 Å². The van der Waals surface area contributed by atoms with Crippen LogP contribution in [0.5, 0.6) is 0 Å². The summed E-state index contributed by atoms with van der Waals surface area (Å²) in [4.78, 5) is 13.4. The standard InChI is InChI=1S/C9H19N3O3/c1-14-7-8(6-10)11-9(13)12-2-4-15-5-3-12/h8H,2-7,10H2,1H3,(H,11,13). The molecule has 0 saturated carbocycles. The Bertz CT molecular complexity index is 195. The highest BCUT2D eigenvalue weighted by atomic mass is 16.5. The number of nitrogens with one attached hydrogen (secondary N) is 1. The lowest BCUT2D eigenvalue weighted by molar-refractivity contribution is 0.0514. The molecule has 88 valence electrons. The molecule has 1 atom stereocenters. The number of morpholine rings is 1. The number of carbonyl (C=O) groups is 1. The second-order valence-corrected chi connectivity index (χ2v) is 3.44. The summed E-state index contributed by atoms with van der Waals surface area (Å²) in [5, 5.41) is 2.82. The monoisotopic (exact) mass is 217 g/mol. The van der Waals surface area contributed by atoms with Crippen LogP contribution in [0, 0.1) is 0 Å². The molecule has 6 heteroatoms. The predicted molar refractivity (Wildman–Crippen MR) is 55.6 cm³/mol. The molecule has 1 rings (SSSR count). The van der Waals surface area contributed by atoms with Crippen LogP contribution in [0.25, 0.3) is 0 Å². The molecular weight excluding hydrogens is 198 g/mol. The molecule has 0 aromatic rings. The van der Waals surface area contributed by atoms with Gasteiger partial charge in [0.25, 0.3) is 0 Å². The van der Waals surface area contributed by atoms with Crippen LogP contribution in [-0.4, -0.2) is 63.5 Å². The number of hydrogen-bond donors (Lipinski definition) is 2. The molecule has 1 aliphatic rings. The quantitative estimate of drug-likeness (QED) is 0.633. The number of ether oxygens (including phenoxy) is 2. The Morgan fingerprint density at radius 1 is 1.60 bits per heavy atom. The van der Waals surface area contributed by atoms with E-state index in [4.69, 9.17) is 15.2 Å². The number of nitrogens with zero attached hydrogens (tertiary/aromatic N) is 1. The maximum atomic E-state index is 11.7. The Balaban J connectivity index is 2.31. The minimum atomic E-state index is -0.120. The fourth-order valence-corrected chi connectivity index (χ4v) is 1.40. The zero-order chi connectivity index (χ0) is 11.1. The fourth-order valence-electron chi connectivity index (χ4n) is 1.40. The predicted octanol–water partition coefficient (Wildman–Crippen LogP) is -0.998. The number of nitrogens with two attached hydrogens (primary N) is 1. The molecule has 1 aliphatic heterocycles. The van der Waals surface area contributed by atoms with E-state index in [-0.39, 0.29) is 12.1 Å². The van der Waals surface area contributed by atoms with Crippen molar-refractivity contribution in [3.05, 3.63) is 0 Å². The number of carbonyl (C=O) groups excluding carboxylic acids is 1. The fraction of sp³-hybridized carbons (Fsp3) is 0.889. The highest BCUT2D eigenvalue weighted by molar-refractivity contribution is 5.74. The maximum absolute atomic E-state index is 11.7. The van der Waals surface area contributed by atoms with E-state index in [2.05, 4.69) is 5.32 Å². The molecular formula is C9H19N3O3. The van der Waals surface area contributed by atoms with Crippen LogP contribution < -0.4 is 11.1 Å². The van der Waals surface area contributed by atoms with Gasteiger partial charge in [-0.15, -0.1) is 0 Å². The molecule has 15 heavy (non-hydrogen) atoms. The van der Waals surface area contributed by atoms with Gasteiger partial charge in [0.05, 0.1) is 25.9 Å². The van der Waals surface area contributed by atoms with E-state index in [1.807, 2.05) is 0 Å². The zero-order valence-corrected chi connectivity index (χ0v) is 9.07. The van der Waals surface area contributed by atoms with Crippen molar-refractivity contribution < 1.29 is 14.3 Å². The SMILES string of the molecule is COCC(CN)NC(=O)N1CCOCC1. The summed E-state index contributed by atoms with van der Waals surface area (Å²) in [6.07, 6.45) is 0. The van der Waals surface area contributed by atoms with Gasteiger partial charge in [-0.2, -0.15) is 0 Å². The molecule has 2 amide bonds. The molecule has 1 fully saturated rings. The van der Waals surface area contributed by atoms with Gasteiger partial charge in [-0.1, -0.05) is 0 Å². The molecule has 1 heterocycles. The highest BCUT2D eigenvalue weighted by Crippen LogP contribution is 1.97. The summed E-state index contributed by atoms with van der Waals surface area (Å²) in [5.41, 5.74) is 5.50. The third-order valence-corrected chi connectivity index (χ3v) is 2.28. The molecule has 3 N–H and O–H groups in total. The van der Waals surface area contributed by atoms with Crippen molar-refractivity contribution >= 4 is 6.03 Å². The normalized spacial score (nSPS) is 18.7. The molecule has 0 radical (unpaired) electrons. The Morgan fingerprint density at radius 2 is 2.27 bits per heavy atom. The first-order valence-corrected chi connectivity index (χ1v) is 5.10. The number of methoxy groups -OCH3 is 1. The zero-order valence-electron chi connectivity index (χ0n) is 9.07. The maximum Gasteiger partial charge on any atom is 0.317 e. The van der Waals surface area contributed by atoms with Gasteiger partial charge in [0, 0.05) is 26.7 Å². The summed E-state index contributed by atoms with van der Waals surface area (Å²) < 4.78 is 10.1. The first kappa shape index (κ1) is 12.2. The largest absolute Gasteiger partial charge is 0.383 e. The second-order valence-electron chi connectivity index (χ2n) is 3.44. The van der Waals surface area contributed by atoms with Crippen molar-refractivity contribution in [1.82, 2.24) is 10.2 Å². The summed E-state index contributed by atoms with van der Waals surface area (Å²) in [5.74, 6) is 0. The van der Waals surface area contributed by atoms with Gasteiger partial charge >= 0.3 is 6.03 Å². The minimum absolute atomic E-state index is 0.0919. The number of hydrogen-bond acceptors (Lipinski definition) is 4. The van der Waals surface area contributed by atoms with Gasteiger partial charge in [-0.05, 0) is 0 Å². The van der Waals surface area contributed by atoms with E-state index >= 15 is 0 Å². The van der Waals surface area contributed by atoms with Crippen molar-refractivity contribution in [2.75, 3.05) is 46.6 Å². The van der Waals surface area contributed by atoms with Crippen LogP contribution in [0.4, 0.5) is 4.79 Å². The van der Waals surface area contributed by atoms with E-state index in [0.29, 0.717) is 39.5 Å². The first-order valence-electron chi connectivity index (χ1n) is 5.10. The smallest absolute Gasteiger partial charge is 0.317 e. The Morgan fingerprint density at radius 3 is 2.80 bits per heavy atom. The second kappa shape index (κ2) is 6.60. The molecule has 0 aromatic carbocycles. The lowest BCUT2D eigenvalue weighted by Crippen LogP contribution is -2.52. The Hall–Kier alpha value is -0.850. The Labute approximate surface area is 89.7 Å². The Kier molecular flexibility index (Phi) is 5.38. The van der Waals surface area contributed by atoms with Gasteiger partial charge in [0.15, 0.2) is 0 Å². The number of urea groups is 1. The van der Waals surface area contributed by atoms with Crippen molar-refractivity contribution in [2.45, 2.75) is 6.04 Å². The van der Waals surface area contributed by atoms with E-state index in [0.717, 1.165) is 0 Å². The van der Waals surface area contributed by atoms with Gasteiger partial charge < -0.3 is 25.4 Å². The lowest BCUT2D eigenvalue weighted by Gasteiger charge is -2.28. The average molecular weight is 217 g/mol. The van der Waals surface area contributed by atoms with E-state index < -0.39 is 0 Å². The number of rotatable bonds is 4. The van der Waals surface area contributed by atoms with Crippen molar-refractivity contribution in [3.8, 4) is 0 Å². The summed E-state index contributed by atoms with van der Waals surface area (Å²) in [6.45, 7) is 3.29. The van der Waals surface area contributed by atoms with E-state index in [1.165, 1.54) is 0 Å². The lowest BCUT2D eigenvalue weighted by atomic mass is 10.3.